The number of carbonyl (C=O) groups is 2. The average Bonchev–Trinajstić information content (AvgIpc) is 2.20. The Hall–Kier alpha value is -1.47. The van der Waals surface area contributed by atoms with Crippen LogP contribution < -0.4 is 0 Å². The molecule has 0 atom stereocenters. The summed E-state index contributed by atoms with van der Waals surface area (Å²) in [5.41, 5.74) is 0. The zero-order valence-corrected chi connectivity index (χ0v) is 9.87. The van der Waals surface area contributed by atoms with E-state index in [-0.39, 0.29) is 13.1 Å². The standard InChI is InChI=1S/C9H15F3N2O3/c1-4-14(5-7(15)13(2)3)8(16)17-6-9(10,11)12/h4-6H2,1-3H3. The Morgan fingerprint density at radius 2 is 1.76 bits per heavy atom. The highest BCUT2D eigenvalue weighted by Gasteiger charge is 2.31. The minimum Gasteiger partial charge on any atom is -0.440 e. The van der Waals surface area contributed by atoms with Gasteiger partial charge in [-0.05, 0) is 6.92 Å². The molecule has 8 heteroatoms. The largest absolute Gasteiger partial charge is 0.440 e. The Balaban J connectivity index is 4.27. The Bertz CT molecular complexity index is 279. The zero-order chi connectivity index (χ0) is 13.6. The number of ether oxygens (including phenoxy) is 1. The molecular formula is C9H15F3N2O3. The summed E-state index contributed by atoms with van der Waals surface area (Å²) in [6, 6.07) is 0. The van der Waals surface area contributed by atoms with E-state index in [2.05, 4.69) is 4.74 Å². The van der Waals surface area contributed by atoms with Crippen LogP contribution in [0.1, 0.15) is 6.92 Å². The highest BCUT2D eigenvalue weighted by molar-refractivity contribution is 5.81. The van der Waals surface area contributed by atoms with Gasteiger partial charge in [0.05, 0.1) is 0 Å². The number of alkyl halides is 3. The molecule has 0 spiro atoms. The van der Waals surface area contributed by atoms with Crippen LogP contribution in [-0.4, -0.2) is 61.8 Å². The molecule has 0 N–H and O–H groups in total. The molecule has 0 aromatic carbocycles. The summed E-state index contributed by atoms with van der Waals surface area (Å²) in [6.07, 6.45) is -5.72. The number of hydrogen-bond acceptors (Lipinski definition) is 3. The lowest BCUT2D eigenvalue weighted by Gasteiger charge is -2.21. The molecule has 0 aromatic heterocycles. The fraction of sp³-hybridized carbons (Fsp3) is 0.778. The third kappa shape index (κ3) is 6.64. The monoisotopic (exact) mass is 256 g/mol. The molecule has 5 nitrogen and oxygen atoms in total. The first-order valence-corrected chi connectivity index (χ1v) is 4.86. The molecule has 0 rings (SSSR count). The maximum atomic E-state index is 11.8. The van der Waals surface area contributed by atoms with E-state index < -0.39 is 24.8 Å². The summed E-state index contributed by atoms with van der Waals surface area (Å²) in [7, 11) is 2.97. The lowest BCUT2D eigenvalue weighted by Crippen LogP contribution is -2.41. The third-order valence-corrected chi connectivity index (χ3v) is 1.82. The van der Waals surface area contributed by atoms with Gasteiger partial charge in [-0.2, -0.15) is 13.2 Å². The second-order valence-corrected chi connectivity index (χ2v) is 3.47. The van der Waals surface area contributed by atoms with Crippen molar-refractivity contribution in [2.24, 2.45) is 0 Å². The second-order valence-electron chi connectivity index (χ2n) is 3.47. The number of nitrogens with zero attached hydrogens (tertiary/aromatic N) is 2. The van der Waals surface area contributed by atoms with Crippen LogP contribution in [0.3, 0.4) is 0 Å². The smallest absolute Gasteiger partial charge is 0.422 e. The maximum absolute atomic E-state index is 11.8. The lowest BCUT2D eigenvalue weighted by atomic mass is 10.4. The van der Waals surface area contributed by atoms with Crippen LogP contribution in [0.2, 0.25) is 0 Å². The quantitative estimate of drug-likeness (QED) is 0.756. The number of hydrogen-bond donors (Lipinski definition) is 0. The van der Waals surface area contributed by atoms with Crippen LogP contribution in [-0.2, 0) is 9.53 Å². The summed E-state index contributed by atoms with van der Waals surface area (Å²) in [5.74, 6) is -0.393. The van der Waals surface area contributed by atoms with Crippen LogP contribution in [0.25, 0.3) is 0 Å². The number of amides is 2. The van der Waals surface area contributed by atoms with Gasteiger partial charge >= 0.3 is 12.3 Å². The van der Waals surface area contributed by atoms with Crippen molar-refractivity contribution in [1.29, 1.82) is 0 Å². The minimum atomic E-state index is -4.57. The summed E-state index contributed by atoms with van der Waals surface area (Å²) >= 11 is 0. The average molecular weight is 256 g/mol. The summed E-state index contributed by atoms with van der Waals surface area (Å²) < 4.78 is 39.4. The minimum absolute atomic E-state index is 0.0935. The molecule has 0 aliphatic heterocycles. The van der Waals surface area contributed by atoms with E-state index in [9.17, 15) is 22.8 Å². The van der Waals surface area contributed by atoms with Gasteiger partial charge in [-0.25, -0.2) is 4.79 Å². The van der Waals surface area contributed by atoms with Crippen LogP contribution in [0.15, 0.2) is 0 Å². The van der Waals surface area contributed by atoms with Gasteiger partial charge in [0.2, 0.25) is 5.91 Å². The van der Waals surface area contributed by atoms with Crippen molar-refractivity contribution in [2.75, 3.05) is 33.8 Å². The van der Waals surface area contributed by atoms with Gasteiger partial charge in [-0.1, -0.05) is 0 Å². The molecule has 100 valence electrons. The Morgan fingerprint density at radius 1 is 1.24 bits per heavy atom. The van der Waals surface area contributed by atoms with Gasteiger partial charge in [0.25, 0.3) is 0 Å². The summed E-state index contributed by atoms with van der Waals surface area (Å²) in [6.45, 7) is -0.327. The van der Waals surface area contributed by atoms with Crippen LogP contribution in [0.4, 0.5) is 18.0 Å². The van der Waals surface area contributed by atoms with Crippen LogP contribution in [0, 0.1) is 0 Å². The Kier molecular flexibility index (Phi) is 5.77. The van der Waals surface area contributed by atoms with Gasteiger partial charge in [-0.15, -0.1) is 0 Å². The summed E-state index contributed by atoms with van der Waals surface area (Å²) in [5, 5.41) is 0. The SMILES string of the molecule is CCN(CC(=O)N(C)C)C(=O)OCC(F)(F)F. The molecule has 0 bridgehead atoms. The molecule has 0 aliphatic carbocycles. The molecule has 2 amide bonds. The van der Waals surface area contributed by atoms with Crippen molar-refractivity contribution in [2.45, 2.75) is 13.1 Å². The van der Waals surface area contributed by atoms with Crippen molar-refractivity contribution in [3.05, 3.63) is 0 Å². The van der Waals surface area contributed by atoms with Gasteiger partial charge in [0, 0.05) is 20.6 Å². The highest BCUT2D eigenvalue weighted by Crippen LogP contribution is 2.15. The van der Waals surface area contributed by atoms with Gasteiger partial charge in [0.1, 0.15) is 6.54 Å². The summed E-state index contributed by atoms with van der Waals surface area (Å²) in [4.78, 5) is 24.6. The van der Waals surface area contributed by atoms with E-state index in [0.29, 0.717) is 0 Å². The fourth-order valence-electron chi connectivity index (χ4n) is 0.845. The first-order chi connectivity index (χ1) is 7.67. The fourth-order valence-corrected chi connectivity index (χ4v) is 0.845. The Labute approximate surface area is 97.1 Å². The van der Waals surface area contributed by atoms with E-state index >= 15 is 0 Å². The molecule has 0 saturated carbocycles. The molecule has 17 heavy (non-hydrogen) atoms. The second kappa shape index (κ2) is 6.31. The number of likely N-dealkylation sites (N-methyl/N-ethyl adjacent to an activating group) is 2. The molecule has 0 radical (unpaired) electrons. The number of halogens is 3. The van der Waals surface area contributed by atoms with Crippen molar-refractivity contribution < 1.29 is 27.5 Å². The molecule has 0 saturated heterocycles. The van der Waals surface area contributed by atoms with Gasteiger partial charge in [-0.3, -0.25) is 9.69 Å². The molecular weight excluding hydrogens is 241 g/mol. The third-order valence-electron chi connectivity index (χ3n) is 1.82. The van der Waals surface area contributed by atoms with E-state index in [1.165, 1.54) is 25.9 Å². The van der Waals surface area contributed by atoms with E-state index in [1.54, 1.807) is 0 Å². The van der Waals surface area contributed by atoms with Crippen LogP contribution >= 0.6 is 0 Å². The van der Waals surface area contributed by atoms with Crippen molar-refractivity contribution in [3.8, 4) is 0 Å². The maximum Gasteiger partial charge on any atom is 0.422 e. The van der Waals surface area contributed by atoms with Gasteiger partial charge < -0.3 is 9.64 Å². The molecule has 0 aromatic rings. The lowest BCUT2D eigenvalue weighted by molar-refractivity contribution is -0.162. The first-order valence-electron chi connectivity index (χ1n) is 4.86. The molecule has 0 fully saturated rings. The molecule has 0 unspecified atom stereocenters. The van der Waals surface area contributed by atoms with Crippen LogP contribution in [0.5, 0.6) is 0 Å². The molecule has 0 heterocycles. The van der Waals surface area contributed by atoms with Crippen molar-refractivity contribution >= 4 is 12.0 Å². The number of rotatable bonds is 4. The van der Waals surface area contributed by atoms with Crippen molar-refractivity contribution in [1.82, 2.24) is 9.80 Å². The normalized spacial score (nSPS) is 10.9. The number of carbonyl (C=O) groups excluding carboxylic acids is 2. The van der Waals surface area contributed by atoms with E-state index in [1.807, 2.05) is 0 Å². The van der Waals surface area contributed by atoms with Crippen molar-refractivity contribution in [3.63, 3.8) is 0 Å². The van der Waals surface area contributed by atoms with E-state index in [4.69, 9.17) is 0 Å². The first kappa shape index (κ1) is 15.5. The topological polar surface area (TPSA) is 49.9 Å². The predicted octanol–water partition coefficient (Wildman–Crippen LogP) is 1.10. The highest BCUT2D eigenvalue weighted by atomic mass is 19.4. The predicted molar refractivity (Wildman–Crippen MR) is 53.3 cm³/mol. The molecule has 0 aliphatic rings. The Morgan fingerprint density at radius 3 is 2.12 bits per heavy atom. The zero-order valence-electron chi connectivity index (χ0n) is 9.87. The van der Waals surface area contributed by atoms with E-state index in [0.717, 1.165) is 4.90 Å². The van der Waals surface area contributed by atoms with Gasteiger partial charge in [0.15, 0.2) is 6.61 Å².